The van der Waals surface area contributed by atoms with Crippen LogP contribution in [0, 0.1) is 0 Å². The fourth-order valence-corrected chi connectivity index (χ4v) is 2.78. The molecule has 0 spiro atoms. The van der Waals surface area contributed by atoms with Crippen molar-refractivity contribution in [3.63, 3.8) is 0 Å². The Hall–Kier alpha value is -1.39. The van der Waals surface area contributed by atoms with Crippen molar-refractivity contribution < 1.29 is 9.90 Å². The molecule has 1 heterocycles. The minimum Gasteiger partial charge on any atom is -0.395 e. The minimum absolute atomic E-state index is 0.0504. The van der Waals surface area contributed by atoms with Gasteiger partial charge in [0.15, 0.2) is 0 Å². The minimum atomic E-state index is -0.0504. The van der Waals surface area contributed by atoms with Crippen LogP contribution in [-0.4, -0.2) is 35.1 Å². The number of carbonyl (C=O) groups is 1. The maximum atomic E-state index is 11.0. The van der Waals surface area contributed by atoms with Crippen LogP contribution < -0.4 is 5.32 Å². The first kappa shape index (κ1) is 15.0. The van der Waals surface area contributed by atoms with E-state index in [2.05, 4.69) is 10.2 Å². The van der Waals surface area contributed by atoms with Crippen LogP contribution in [0.25, 0.3) is 0 Å². The lowest BCUT2D eigenvalue weighted by molar-refractivity contribution is -0.114. The Kier molecular flexibility index (Phi) is 5.56. The molecule has 1 aliphatic heterocycles. The Morgan fingerprint density at radius 2 is 2.05 bits per heavy atom. The third kappa shape index (κ3) is 4.32. The lowest BCUT2D eigenvalue weighted by Crippen LogP contribution is -2.36. The molecule has 2 N–H and O–H groups in total. The van der Waals surface area contributed by atoms with E-state index >= 15 is 0 Å². The molecule has 1 amide bonds. The molecule has 1 aromatic rings. The molecular formula is C16H24N2O2. The van der Waals surface area contributed by atoms with Gasteiger partial charge in [0.25, 0.3) is 0 Å². The molecule has 0 bridgehead atoms. The number of likely N-dealkylation sites (tertiary alicyclic amines) is 1. The monoisotopic (exact) mass is 276 g/mol. The van der Waals surface area contributed by atoms with Gasteiger partial charge in [-0.05, 0) is 37.1 Å². The summed E-state index contributed by atoms with van der Waals surface area (Å²) in [6, 6.07) is 8.24. The number of hydrogen-bond acceptors (Lipinski definition) is 3. The Morgan fingerprint density at radius 1 is 1.30 bits per heavy atom. The highest BCUT2D eigenvalue weighted by Crippen LogP contribution is 2.20. The number of carbonyl (C=O) groups excluding carboxylic acids is 1. The fraction of sp³-hybridized carbons (Fsp3) is 0.562. The van der Waals surface area contributed by atoms with E-state index in [1.54, 1.807) is 0 Å². The zero-order valence-corrected chi connectivity index (χ0v) is 12.1. The van der Waals surface area contributed by atoms with Gasteiger partial charge in [-0.25, -0.2) is 0 Å². The van der Waals surface area contributed by atoms with Gasteiger partial charge in [-0.3, -0.25) is 9.69 Å². The molecule has 0 aromatic heterocycles. The summed E-state index contributed by atoms with van der Waals surface area (Å²) in [6.07, 6.45) is 4.76. The Balaban J connectivity index is 1.98. The van der Waals surface area contributed by atoms with Gasteiger partial charge in [-0.1, -0.05) is 25.0 Å². The topological polar surface area (TPSA) is 52.6 Å². The first-order valence-electron chi connectivity index (χ1n) is 7.40. The van der Waals surface area contributed by atoms with Crippen LogP contribution in [-0.2, 0) is 11.3 Å². The summed E-state index contributed by atoms with van der Waals surface area (Å²) in [5, 5.41) is 12.3. The summed E-state index contributed by atoms with van der Waals surface area (Å²) in [5.41, 5.74) is 2.05. The quantitative estimate of drug-likeness (QED) is 0.888. The largest absolute Gasteiger partial charge is 0.395 e. The van der Waals surface area contributed by atoms with E-state index in [4.69, 9.17) is 0 Å². The van der Waals surface area contributed by atoms with E-state index in [0.29, 0.717) is 0 Å². The summed E-state index contributed by atoms with van der Waals surface area (Å²) in [7, 11) is 0. The first-order valence-corrected chi connectivity index (χ1v) is 7.40. The Labute approximate surface area is 120 Å². The normalized spacial score (nSPS) is 20.4. The van der Waals surface area contributed by atoms with Crippen LogP contribution in [0.4, 0.5) is 5.69 Å². The predicted octanol–water partition coefficient (Wildman–Crippen LogP) is 2.38. The Bertz CT molecular complexity index is 431. The van der Waals surface area contributed by atoms with E-state index in [9.17, 15) is 9.90 Å². The number of aliphatic hydroxyl groups is 1. The summed E-state index contributed by atoms with van der Waals surface area (Å²) >= 11 is 0. The second-order valence-corrected chi connectivity index (χ2v) is 5.53. The molecule has 4 nitrogen and oxygen atoms in total. The van der Waals surface area contributed by atoms with E-state index in [1.807, 2.05) is 24.3 Å². The number of benzene rings is 1. The van der Waals surface area contributed by atoms with Crippen LogP contribution in [0.15, 0.2) is 24.3 Å². The van der Waals surface area contributed by atoms with Gasteiger partial charge in [0.1, 0.15) is 0 Å². The molecule has 0 unspecified atom stereocenters. The molecule has 1 saturated heterocycles. The maximum absolute atomic E-state index is 11.0. The molecule has 1 aliphatic rings. The van der Waals surface area contributed by atoms with Crippen molar-refractivity contribution in [1.29, 1.82) is 0 Å². The van der Waals surface area contributed by atoms with E-state index < -0.39 is 0 Å². The fourth-order valence-electron chi connectivity index (χ4n) is 2.78. The van der Waals surface area contributed by atoms with Crippen molar-refractivity contribution in [2.24, 2.45) is 0 Å². The van der Waals surface area contributed by atoms with Gasteiger partial charge in [-0.2, -0.15) is 0 Å². The second kappa shape index (κ2) is 7.41. The van der Waals surface area contributed by atoms with Gasteiger partial charge < -0.3 is 10.4 Å². The highest BCUT2D eigenvalue weighted by molar-refractivity contribution is 5.88. The van der Waals surface area contributed by atoms with Crippen LogP contribution in [0.2, 0.25) is 0 Å². The molecule has 110 valence electrons. The highest BCUT2D eigenvalue weighted by atomic mass is 16.3. The molecule has 2 rings (SSSR count). The van der Waals surface area contributed by atoms with Crippen molar-refractivity contribution in [2.45, 2.75) is 45.2 Å². The van der Waals surface area contributed by atoms with E-state index in [1.165, 1.54) is 31.7 Å². The smallest absolute Gasteiger partial charge is 0.221 e. The SMILES string of the molecule is CC(=O)Nc1ccc(CN2CCCCC[C@@H]2CO)cc1. The Morgan fingerprint density at radius 3 is 2.70 bits per heavy atom. The third-order valence-corrected chi connectivity index (χ3v) is 3.87. The maximum Gasteiger partial charge on any atom is 0.221 e. The standard InChI is InChI=1S/C16H24N2O2/c1-13(20)17-15-8-6-14(7-9-15)11-18-10-4-2-3-5-16(18)12-19/h6-9,16,19H,2-5,10-12H2,1H3,(H,17,20)/t16-/m1/s1. The van der Waals surface area contributed by atoms with Crippen molar-refractivity contribution in [3.05, 3.63) is 29.8 Å². The molecule has 20 heavy (non-hydrogen) atoms. The van der Waals surface area contributed by atoms with Crippen molar-refractivity contribution >= 4 is 11.6 Å². The second-order valence-electron chi connectivity index (χ2n) is 5.53. The predicted molar refractivity (Wildman–Crippen MR) is 80.5 cm³/mol. The van der Waals surface area contributed by atoms with Gasteiger partial charge >= 0.3 is 0 Å². The van der Waals surface area contributed by atoms with Crippen LogP contribution in [0.3, 0.4) is 0 Å². The molecule has 0 aliphatic carbocycles. The van der Waals surface area contributed by atoms with E-state index in [-0.39, 0.29) is 18.6 Å². The van der Waals surface area contributed by atoms with Gasteiger partial charge in [0.05, 0.1) is 6.61 Å². The number of nitrogens with zero attached hydrogens (tertiary/aromatic N) is 1. The van der Waals surface area contributed by atoms with Gasteiger partial charge in [0.2, 0.25) is 5.91 Å². The summed E-state index contributed by atoms with van der Waals surface area (Å²) in [5.74, 6) is -0.0504. The molecule has 1 atom stereocenters. The zero-order valence-electron chi connectivity index (χ0n) is 12.1. The number of amides is 1. The zero-order chi connectivity index (χ0) is 14.4. The summed E-state index contributed by atoms with van der Waals surface area (Å²) in [6.45, 7) is 3.67. The average molecular weight is 276 g/mol. The molecule has 0 saturated carbocycles. The first-order chi connectivity index (χ1) is 9.69. The molecular weight excluding hydrogens is 252 g/mol. The van der Waals surface area contributed by atoms with E-state index in [0.717, 1.165) is 25.2 Å². The summed E-state index contributed by atoms with van der Waals surface area (Å²) in [4.78, 5) is 13.4. The number of rotatable bonds is 4. The van der Waals surface area contributed by atoms with Crippen molar-refractivity contribution in [1.82, 2.24) is 4.90 Å². The molecule has 0 radical (unpaired) electrons. The molecule has 1 aromatic carbocycles. The number of nitrogens with one attached hydrogen (secondary N) is 1. The third-order valence-electron chi connectivity index (χ3n) is 3.87. The summed E-state index contributed by atoms with van der Waals surface area (Å²) < 4.78 is 0. The van der Waals surface area contributed by atoms with Gasteiger partial charge in [-0.15, -0.1) is 0 Å². The number of hydrogen-bond donors (Lipinski definition) is 2. The molecule has 1 fully saturated rings. The van der Waals surface area contributed by atoms with Crippen LogP contribution in [0.5, 0.6) is 0 Å². The lowest BCUT2D eigenvalue weighted by Gasteiger charge is -2.28. The number of anilines is 1. The van der Waals surface area contributed by atoms with Crippen molar-refractivity contribution in [2.75, 3.05) is 18.5 Å². The highest BCUT2D eigenvalue weighted by Gasteiger charge is 2.20. The lowest BCUT2D eigenvalue weighted by atomic mass is 10.1. The van der Waals surface area contributed by atoms with Crippen molar-refractivity contribution in [3.8, 4) is 0 Å². The number of aliphatic hydroxyl groups excluding tert-OH is 1. The van der Waals surface area contributed by atoms with Gasteiger partial charge in [0, 0.05) is 25.2 Å². The van der Waals surface area contributed by atoms with Crippen LogP contribution >= 0.6 is 0 Å². The van der Waals surface area contributed by atoms with Crippen LogP contribution in [0.1, 0.15) is 38.2 Å². The molecule has 4 heteroatoms. The average Bonchev–Trinajstić information content (AvgIpc) is 2.65.